The molecule has 1 amide bonds. The molecule has 0 aromatic carbocycles. The van der Waals surface area contributed by atoms with Gasteiger partial charge in [0.25, 0.3) is 0 Å². The monoisotopic (exact) mass is 154 g/mol. The molecule has 2 saturated heterocycles. The lowest BCUT2D eigenvalue weighted by molar-refractivity contribution is -0.119. The smallest absolute Gasteiger partial charge is 0.221 e. The topological polar surface area (TPSA) is 32.3 Å². The molecule has 0 saturated carbocycles. The lowest BCUT2D eigenvalue weighted by Gasteiger charge is -2.29. The third kappa shape index (κ3) is 0.948. The van der Waals surface area contributed by atoms with Crippen molar-refractivity contribution in [3.8, 4) is 0 Å². The largest absolute Gasteiger partial charge is 0.354 e. The Balaban J connectivity index is 2.16. The Bertz CT molecular complexity index is 193. The van der Waals surface area contributed by atoms with E-state index in [-0.39, 0.29) is 11.4 Å². The normalized spacial score (nSPS) is 38.5. The number of carbonyl (C=O) groups excluding carboxylic acids is 1. The van der Waals surface area contributed by atoms with E-state index in [0.29, 0.717) is 6.42 Å². The van der Waals surface area contributed by atoms with Gasteiger partial charge < -0.3 is 5.32 Å². The lowest BCUT2D eigenvalue weighted by Crippen LogP contribution is -2.42. The Labute approximate surface area is 66.8 Å². The summed E-state index contributed by atoms with van der Waals surface area (Å²) in [5.41, 5.74) is 0.192. The SMILES string of the molecule is CN1CCCC12CNC(=O)C2. The van der Waals surface area contributed by atoms with Crippen molar-refractivity contribution in [1.29, 1.82) is 0 Å². The summed E-state index contributed by atoms with van der Waals surface area (Å²) in [7, 11) is 2.12. The molecule has 2 heterocycles. The Kier molecular flexibility index (Phi) is 1.42. The fourth-order valence-electron chi connectivity index (χ4n) is 2.21. The number of rotatable bonds is 0. The lowest BCUT2D eigenvalue weighted by atomic mass is 9.95. The zero-order chi connectivity index (χ0) is 7.90. The van der Waals surface area contributed by atoms with Gasteiger partial charge in [-0.25, -0.2) is 0 Å². The maximum atomic E-state index is 11.0. The molecule has 62 valence electrons. The molecule has 1 atom stereocenters. The van der Waals surface area contributed by atoms with Crippen molar-refractivity contribution in [2.75, 3.05) is 20.1 Å². The Morgan fingerprint density at radius 1 is 1.64 bits per heavy atom. The van der Waals surface area contributed by atoms with Gasteiger partial charge in [0.1, 0.15) is 0 Å². The quantitative estimate of drug-likeness (QED) is 0.531. The van der Waals surface area contributed by atoms with Crippen molar-refractivity contribution in [1.82, 2.24) is 10.2 Å². The van der Waals surface area contributed by atoms with Gasteiger partial charge in [0.05, 0.1) is 0 Å². The van der Waals surface area contributed by atoms with Gasteiger partial charge in [-0.15, -0.1) is 0 Å². The van der Waals surface area contributed by atoms with E-state index < -0.39 is 0 Å². The third-order valence-corrected chi connectivity index (χ3v) is 3.05. The van der Waals surface area contributed by atoms with Crippen LogP contribution in [0.4, 0.5) is 0 Å². The van der Waals surface area contributed by atoms with E-state index in [9.17, 15) is 4.79 Å². The fourth-order valence-corrected chi connectivity index (χ4v) is 2.21. The zero-order valence-electron chi connectivity index (χ0n) is 6.89. The van der Waals surface area contributed by atoms with Gasteiger partial charge in [-0.3, -0.25) is 9.69 Å². The van der Waals surface area contributed by atoms with Gasteiger partial charge in [0.2, 0.25) is 5.91 Å². The number of nitrogens with zero attached hydrogens (tertiary/aromatic N) is 1. The Morgan fingerprint density at radius 2 is 2.45 bits per heavy atom. The number of hydrogen-bond donors (Lipinski definition) is 1. The first-order valence-corrected chi connectivity index (χ1v) is 4.21. The van der Waals surface area contributed by atoms with Crippen molar-refractivity contribution in [3.05, 3.63) is 0 Å². The highest BCUT2D eigenvalue weighted by molar-refractivity contribution is 5.80. The second-order valence-electron chi connectivity index (χ2n) is 3.70. The average Bonchev–Trinajstić information content (AvgIpc) is 2.46. The maximum Gasteiger partial charge on any atom is 0.221 e. The first-order valence-electron chi connectivity index (χ1n) is 4.21. The van der Waals surface area contributed by atoms with Gasteiger partial charge in [-0.2, -0.15) is 0 Å². The zero-order valence-corrected chi connectivity index (χ0v) is 6.89. The highest BCUT2D eigenvalue weighted by Crippen LogP contribution is 2.33. The first kappa shape index (κ1) is 7.10. The summed E-state index contributed by atoms with van der Waals surface area (Å²) in [5, 5.41) is 2.90. The van der Waals surface area contributed by atoms with Crippen molar-refractivity contribution in [2.24, 2.45) is 0 Å². The van der Waals surface area contributed by atoms with Crippen LogP contribution in [-0.2, 0) is 4.79 Å². The second-order valence-corrected chi connectivity index (χ2v) is 3.70. The summed E-state index contributed by atoms with van der Waals surface area (Å²) >= 11 is 0. The summed E-state index contributed by atoms with van der Waals surface area (Å²) in [6.07, 6.45) is 3.14. The van der Waals surface area contributed by atoms with Gasteiger partial charge in [-0.05, 0) is 26.4 Å². The molecule has 0 radical (unpaired) electrons. The van der Waals surface area contributed by atoms with Crippen LogP contribution in [0.1, 0.15) is 19.3 Å². The predicted molar refractivity (Wildman–Crippen MR) is 42.2 cm³/mol. The molecule has 3 heteroatoms. The van der Waals surface area contributed by atoms with Crippen molar-refractivity contribution >= 4 is 5.91 Å². The van der Waals surface area contributed by atoms with E-state index in [0.717, 1.165) is 13.1 Å². The van der Waals surface area contributed by atoms with Crippen molar-refractivity contribution in [3.63, 3.8) is 0 Å². The molecule has 1 spiro atoms. The van der Waals surface area contributed by atoms with Gasteiger partial charge in [-0.1, -0.05) is 0 Å². The van der Waals surface area contributed by atoms with Crippen LogP contribution in [-0.4, -0.2) is 36.5 Å². The molecule has 11 heavy (non-hydrogen) atoms. The van der Waals surface area contributed by atoms with Crippen molar-refractivity contribution in [2.45, 2.75) is 24.8 Å². The molecule has 0 aliphatic carbocycles. The summed E-state index contributed by atoms with van der Waals surface area (Å²) in [5.74, 6) is 0.221. The molecular weight excluding hydrogens is 140 g/mol. The van der Waals surface area contributed by atoms with E-state index in [1.807, 2.05) is 0 Å². The Hall–Kier alpha value is -0.570. The van der Waals surface area contributed by atoms with E-state index in [2.05, 4.69) is 17.3 Å². The number of amides is 1. The molecule has 2 aliphatic heterocycles. The standard InChI is InChI=1S/C8H14N2O/c1-10-4-2-3-8(10)5-7(11)9-6-8/h2-6H2,1H3,(H,9,11). The van der Waals surface area contributed by atoms with Gasteiger partial charge in [0.15, 0.2) is 0 Å². The summed E-state index contributed by atoms with van der Waals surface area (Å²) in [4.78, 5) is 13.3. The number of hydrogen-bond acceptors (Lipinski definition) is 2. The minimum atomic E-state index is 0.192. The highest BCUT2D eigenvalue weighted by atomic mass is 16.2. The summed E-state index contributed by atoms with van der Waals surface area (Å²) < 4.78 is 0. The van der Waals surface area contributed by atoms with E-state index in [1.165, 1.54) is 12.8 Å². The number of likely N-dealkylation sites (N-methyl/N-ethyl adjacent to an activating group) is 1. The summed E-state index contributed by atoms with van der Waals surface area (Å²) in [6.45, 7) is 2.01. The molecule has 1 N–H and O–H groups in total. The highest BCUT2D eigenvalue weighted by Gasteiger charge is 2.44. The van der Waals surface area contributed by atoms with Crippen LogP contribution >= 0.6 is 0 Å². The van der Waals surface area contributed by atoms with Crippen LogP contribution in [0.5, 0.6) is 0 Å². The van der Waals surface area contributed by atoms with E-state index in [1.54, 1.807) is 0 Å². The fraction of sp³-hybridized carbons (Fsp3) is 0.875. The minimum Gasteiger partial charge on any atom is -0.354 e. The molecule has 1 unspecified atom stereocenters. The third-order valence-electron chi connectivity index (χ3n) is 3.05. The molecule has 2 rings (SSSR count). The van der Waals surface area contributed by atoms with Crippen LogP contribution in [0.3, 0.4) is 0 Å². The van der Waals surface area contributed by atoms with Crippen LogP contribution in [0.15, 0.2) is 0 Å². The molecule has 2 aliphatic rings. The van der Waals surface area contributed by atoms with Gasteiger partial charge in [0, 0.05) is 18.5 Å². The van der Waals surface area contributed by atoms with Crippen LogP contribution < -0.4 is 5.32 Å². The van der Waals surface area contributed by atoms with Crippen molar-refractivity contribution < 1.29 is 4.79 Å². The van der Waals surface area contributed by atoms with Crippen LogP contribution in [0.2, 0.25) is 0 Å². The number of likely N-dealkylation sites (tertiary alicyclic amines) is 1. The molecule has 2 fully saturated rings. The Morgan fingerprint density at radius 3 is 2.91 bits per heavy atom. The number of carbonyl (C=O) groups is 1. The average molecular weight is 154 g/mol. The molecule has 3 nitrogen and oxygen atoms in total. The van der Waals surface area contributed by atoms with Gasteiger partial charge >= 0.3 is 0 Å². The number of nitrogens with one attached hydrogen (secondary N) is 1. The minimum absolute atomic E-state index is 0.192. The molecule has 0 bridgehead atoms. The molecular formula is C8H14N2O. The molecule has 0 aromatic heterocycles. The molecule has 0 aromatic rings. The van der Waals surface area contributed by atoms with Crippen LogP contribution in [0.25, 0.3) is 0 Å². The first-order chi connectivity index (χ1) is 5.23. The second kappa shape index (κ2) is 2.21. The van der Waals surface area contributed by atoms with E-state index in [4.69, 9.17) is 0 Å². The van der Waals surface area contributed by atoms with E-state index >= 15 is 0 Å². The summed E-state index contributed by atoms with van der Waals surface area (Å²) in [6, 6.07) is 0. The maximum absolute atomic E-state index is 11.0. The predicted octanol–water partition coefficient (Wildman–Crippen LogP) is -0.0293. The van der Waals surface area contributed by atoms with Crippen LogP contribution in [0, 0.1) is 0 Å².